The zero-order valence-corrected chi connectivity index (χ0v) is 9.32. The monoisotopic (exact) mass is 220 g/mol. The minimum absolute atomic E-state index is 0.0563. The van der Waals surface area contributed by atoms with Crippen LogP contribution in [0.4, 0.5) is 5.69 Å². The van der Waals surface area contributed by atoms with Crippen molar-refractivity contribution in [2.75, 3.05) is 11.9 Å². The van der Waals surface area contributed by atoms with E-state index in [0.29, 0.717) is 6.61 Å². The highest BCUT2D eigenvalue weighted by atomic mass is 16.6. The molecule has 1 saturated carbocycles. The molecule has 0 radical (unpaired) electrons. The van der Waals surface area contributed by atoms with Crippen LogP contribution < -0.4 is 11.2 Å². The van der Waals surface area contributed by atoms with Gasteiger partial charge in [0.1, 0.15) is 0 Å². The number of hydrogen-bond donors (Lipinski definition) is 2. The fourth-order valence-electron chi connectivity index (χ4n) is 1.94. The zero-order chi connectivity index (χ0) is 11.6. The highest BCUT2D eigenvalue weighted by Gasteiger charge is 2.44. The number of carbonyl (C=O) groups excluding carboxylic acids is 1. The average molecular weight is 220 g/mol. The number of amides is 1. The van der Waals surface area contributed by atoms with E-state index in [1.54, 1.807) is 0 Å². The lowest BCUT2D eigenvalue weighted by atomic mass is 9.97. The van der Waals surface area contributed by atoms with Crippen LogP contribution in [0.25, 0.3) is 0 Å². The second-order valence-corrected chi connectivity index (χ2v) is 4.35. The molecule has 86 valence electrons. The molecule has 0 bridgehead atoms. The summed E-state index contributed by atoms with van der Waals surface area (Å²) in [6.07, 6.45) is 2.23. The molecule has 0 aromatic heterocycles. The van der Waals surface area contributed by atoms with Crippen LogP contribution in [0.15, 0.2) is 24.3 Å². The lowest BCUT2D eigenvalue weighted by molar-refractivity contribution is -0.114. The first-order chi connectivity index (χ1) is 7.66. The Morgan fingerprint density at radius 1 is 1.44 bits per heavy atom. The van der Waals surface area contributed by atoms with Crippen molar-refractivity contribution in [3.63, 3.8) is 0 Å². The van der Waals surface area contributed by atoms with Crippen LogP contribution >= 0.6 is 0 Å². The van der Waals surface area contributed by atoms with E-state index in [-0.39, 0.29) is 11.3 Å². The minimum atomic E-state index is -0.0563. The van der Waals surface area contributed by atoms with Crippen LogP contribution in [0, 0.1) is 0 Å². The number of nitrogens with two attached hydrogens (primary N) is 1. The van der Waals surface area contributed by atoms with Crippen molar-refractivity contribution in [1.82, 2.24) is 0 Å². The molecule has 0 heterocycles. The summed E-state index contributed by atoms with van der Waals surface area (Å²) in [5.74, 6) is 5.07. The van der Waals surface area contributed by atoms with Gasteiger partial charge < -0.3 is 10.2 Å². The van der Waals surface area contributed by atoms with Crippen molar-refractivity contribution in [3.8, 4) is 0 Å². The van der Waals surface area contributed by atoms with Crippen LogP contribution in [0.2, 0.25) is 0 Å². The van der Waals surface area contributed by atoms with Crippen molar-refractivity contribution >= 4 is 11.6 Å². The van der Waals surface area contributed by atoms with E-state index in [1.807, 2.05) is 24.3 Å². The largest absolute Gasteiger partial charge is 0.326 e. The summed E-state index contributed by atoms with van der Waals surface area (Å²) in [4.78, 5) is 15.6. The molecule has 1 aliphatic rings. The summed E-state index contributed by atoms with van der Waals surface area (Å²) in [5, 5.41) is 2.74. The Balaban J connectivity index is 2.10. The standard InChI is InChI=1S/C12H16N2O2/c1-9(15)14-11-4-2-10(3-5-11)12(6-7-12)8-16-13/h2-5H,6-8,13H2,1H3,(H,14,15). The van der Waals surface area contributed by atoms with Gasteiger partial charge >= 0.3 is 0 Å². The van der Waals surface area contributed by atoms with E-state index in [9.17, 15) is 4.79 Å². The van der Waals surface area contributed by atoms with Gasteiger partial charge in [0.15, 0.2) is 0 Å². The maximum atomic E-state index is 10.9. The van der Waals surface area contributed by atoms with E-state index < -0.39 is 0 Å². The Labute approximate surface area is 94.7 Å². The Morgan fingerprint density at radius 2 is 2.06 bits per heavy atom. The maximum absolute atomic E-state index is 10.9. The molecule has 0 unspecified atom stereocenters. The Morgan fingerprint density at radius 3 is 2.50 bits per heavy atom. The number of anilines is 1. The van der Waals surface area contributed by atoms with Crippen molar-refractivity contribution in [2.24, 2.45) is 5.90 Å². The SMILES string of the molecule is CC(=O)Nc1ccc(C2(CON)CC2)cc1. The van der Waals surface area contributed by atoms with E-state index in [2.05, 4.69) is 5.32 Å². The molecule has 0 aliphatic heterocycles. The Bertz CT molecular complexity index is 383. The molecule has 1 aliphatic carbocycles. The van der Waals surface area contributed by atoms with Gasteiger partial charge in [-0.2, -0.15) is 0 Å². The first-order valence-electron chi connectivity index (χ1n) is 5.36. The van der Waals surface area contributed by atoms with Crippen molar-refractivity contribution in [3.05, 3.63) is 29.8 Å². The van der Waals surface area contributed by atoms with Gasteiger partial charge in [-0.05, 0) is 30.5 Å². The van der Waals surface area contributed by atoms with Gasteiger partial charge in [0, 0.05) is 18.0 Å². The van der Waals surface area contributed by atoms with Gasteiger partial charge in [-0.15, -0.1) is 0 Å². The molecule has 16 heavy (non-hydrogen) atoms. The Hall–Kier alpha value is -1.39. The second-order valence-electron chi connectivity index (χ2n) is 4.35. The van der Waals surface area contributed by atoms with E-state index in [0.717, 1.165) is 18.5 Å². The molecule has 2 rings (SSSR count). The normalized spacial score (nSPS) is 16.9. The lowest BCUT2D eigenvalue weighted by Gasteiger charge is -2.14. The van der Waals surface area contributed by atoms with Crippen LogP contribution in [0.5, 0.6) is 0 Å². The van der Waals surface area contributed by atoms with Gasteiger partial charge in [0.25, 0.3) is 0 Å². The van der Waals surface area contributed by atoms with Gasteiger partial charge in [-0.25, -0.2) is 5.90 Å². The highest BCUT2D eigenvalue weighted by molar-refractivity contribution is 5.88. The Kier molecular flexibility index (Phi) is 2.94. The van der Waals surface area contributed by atoms with Crippen LogP contribution in [0.3, 0.4) is 0 Å². The number of nitrogens with one attached hydrogen (secondary N) is 1. The van der Waals surface area contributed by atoms with E-state index in [1.165, 1.54) is 12.5 Å². The summed E-state index contributed by atoms with van der Waals surface area (Å²) >= 11 is 0. The fraction of sp³-hybridized carbons (Fsp3) is 0.417. The molecule has 3 N–H and O–H groups in total. The third-order valence-corrected chi connectivity index (χ3v) is 3.03. The predicted molar refractivity (Wildman–Crippen MR) is 61.8 cm³/mol. The van der Waals surface area contributed by atoms with Crippen LogP contribution in [0.1, 0.15) is 25.3 Å². The topological polar surface area (TPSA) is 64.3 Å². The molecule has 1 aromatic carbocycles. The third-order valence-electron chi connectivity index (χ3n) is 3.03. The molecule has 1 fully saturated rings. The smallest absolute Gasteiger partial charge is 0.221 e. The average Bonchev–Trinajstić information content (AvgIpc) is 2.99. The maximum Gasteiger partial charge on any atom is 0.221 e. The molecular weight excluding hydrogens is 204 g/mol. The summed E-state index contributed by atoms with van der Waals surface area (Å²) in [5.41, 5.74) is 2.16. The molecular formula is C12H16N2O2. The molecule has 4 heteroatoms. The fourth-order valence-corrected chi connectivity index (χ4v) is 1.94. The number of rotatable bonds is 4. The van der Waals surface area contributed by atoms with Crippen LogP contribution in [-0.2, 0) is 15.0 Å². The molecule has 1 amide bonds. The van der Waals surface area contributed by atoms with Crippen molar-refractivity contribution < 1.29 is 9.63 Å². The molecule has 1 aromatic rings. The highest BCUT2D eigenvalue weighted by Crippen LogP contribution is 2.48. The van der Waals surface area contributed by atoms with Gasteiger partial charge in [0.2, 0.25) is 5.91 Å². The number of hydrogen-bond acceptors (Lipinski definition) is 3. The molecule has 0 saturated heterocycles. The summed E-state index contributed by atoms with van der Waals surface area (Å²) in [6.45, 7) is 2.06. The summed E-state index contributed by atoms with van der Waals surface area (Å²) in [6, 6.07) is 7.87. The van der Waals surface area contributed by atoms with E-state index >= 15 is 0 Å². The molecule has 0 atom stereocenters. The first kappa shape index (κ1) is 11.1. The van der Waals surface area contributed by atoms with Crippen LogP contribution in [-0.4, -0.2) is 12.5 Å². The lowest BCUT2D eigenvalue weighted by Crippen LogP contribution is -2.18. The van der Waals surface area contributed by atoms with Crippen molar-refractivity contribution in [2.45, 2.75) is 25.2 Å². The number of benzene rings is 1. The predicted octanol–water partition coefficient (Wildman–Crippen LogP) is 1.57. The second kappa shape index (κ2) is 4.23. The van der Waals surface area contributed by atoms with Crippen molar-refractivity contribution in [1.29, 1.82) is 0 Å². The number of carbonyl (C=O) groups is 1. The summed E-state index contributed by atoms with van der Waals surface area (Å²) in [7, 11) is 0. The van der Waals surface area contributed by atoms with Gasteiger partial charge in [-0.3, -0.25) is 4.79 Å². The van der Waals surface area contributed by atoms with Gasteiger partial charge in [0.05, 0.1) is 6.61 Å². The van der Waals surface area contributed by atoms with E-state index in [4.69, 9.17) is 10.7 Å². The molecule has 0 spiro atoms. The van der Waals surface area contributed by atoms with Gasteiger partial charge in [-0.1, -0.05) is 12.1 Å². The third kappa shape index (κ3) is 2.23. The molecule has 4 nitrogen and oxygen atoms in total. The summed E-state index contributed by atoms with van der Waals surface area (Å²) < 4.78 is 0. The minimum Gasteiger partial charge on any atom is -0.326 e. The first-order valence-corrected chi connectivity index (χ1v) is 5.36. The quantitative estimate of drug-likeness (QED) is 0.757. The zero-order valence-electron chi connectivity index (χ0n) is 9.32.